The zero-order valence-corrected chi connectivity index (χ0v) is 9.41. The molecule has 1 atom stereocenters. The number of benzene rings is 1. The van der Waals surface area contributed by atoms with Crippen LogP contribution in [0.25, 0.3) is 0 Å². The first-order valence-electron chi connectivity index (χ1n) is 4.92. The maximum Gasteiger partial charge on any atom is 0.0457 e. The lowest BCUT2D eigenvalue weighted by molar-refractivity contribution is 0.615. The van der Waals surface area contributed by atoms with Crippen LogP contribution in [0.1, 0.15) is 36.4 Å². The third kappa shape index (κ3) is 1.77. The molecule has 0 aromatic heterocycles. The largest absolute Gasteiger partial charge is 0.324 e. The topological polar surface area (TPSA) is 26.0 Å². The molecule has 0 fully saturated rings. The van der Waals surface area contributed by atoms with Gasteiger partial charge < -0.3 is 5.73 Å². The molecule has 0 saturated carbocycles. The molecule has 0 unspecified atom stereocenters. The van der Waals surface area contributed by atoms with E-state index in [2.05, 4.69) is 0 Å². The summed E-state index contributed by atoms with van der Waals surface area (Å²) in [6, 6.07) is 3.76. The molecule has 1 aliphatic rings. The van der Waals surface area contributed by atoms with Crippen LogP contribution in [0.4, 0.5) is 0 Å². The lowest BCUT2D eigenvalue weighted by atomic mass is 10.00. The Morgan fingerprint density at radius 1 is 1.14 bits per heavy atom. The van der Waals surface area contributed by atoms with Crippen LogP contribution in [-0.2, 0) is 6.42 Å². The Morgan fingerprint density at radius 3 is 2.64 bits per heavy atom. The van der Waals surface area contributed by atoms with Crippen molar-refractivity contribution in [1.82, 2.24) is 0 Å². The molecule has 1 nitrogen and oxygen atoms in total. The summed E-state index contributed by atoms with van der Waals surface area (Å²) in [5.74, 6) is 0. The van der Waals surface area contributed by atoms with Gasteiger partial charge in [-0.1, -0.05) is 29.6 Å². The van der Waals surface area contributed by atoms with Crippen LogP contribution < -0.4 is 5.73 Å². The SMILES string of the molecule is N[C@@H]1CCCCc2c(Cl)ccc(Cl)c21. The van der Waals surface area contributed by atoms with Gasteiger partial charge in [-0.25, -0.2) is 0 Å². The molecule has 14 heavy (non-hydrogen) atoms. The lowest BCUT2D eigenvalue weighted by Gasteiger charge is -2.15. The van der Waals surface area contributed by atoms with Gasteiger partial charge >= 0.3 is 0 Å². The van der Waals surface area contributed by atoms with E-state index in [-0.39, 0.29) is 6.04 Å². The molecular weight excluding hydrogens is 217 g/mol. The molecule has 0 amide bonds. The third-order valence-electron chi connectivity index (χ3n) is 2.81. The van der Waals surface area contributed by atoms with E-state index in [0.29, 0.717) is 0 Å². The van der Waals surface area contributed by atoms with E-state index in [1.54, 1.807) is 0 Å². The van der Waals surface area contributed by atoms with Gasteiger partial charge in [-0.15, -0.1) is 0 Å². The van der Waals surface area contributed by atoms with Gasteiger partial charge in [0.25, 0.3) is 0 Å². The Balaban J connectivity index is 2.57. The highest BCUT2D eigenvalue weighted by Gasteiger charge is 2.19. The predicted octanol–water partition coefficient (Wildman–Crippen LogP) is 3.72. The second-order valence-electron chi connectivity index (χ2n) is 3.77. The van der Waals surface area contributed by atoms with Crippen molar-refractivity contribution in [2.24, 2.45) is 5.73 Å². The fourth-order valence-corrected chi connectivity index (χ4v) is 2.65. The van der Waals surface area contributed by atoms with Crippen molar-refractivity contribution in [3.8, 4) is 0 Å². The van der Waals surface area contributed by atoms with Crippen LogP contribution in [0.15, 0.2) is 12.1 Å². The van der Waals surface area contributed by atoms with Crippen molar-refractivity contribution in [2.75, 3.05) is 0 Å². The van der Waals surface area contributed by atoms with Gasteiger partial charge in [-0.3, -0.25) is 0 Å². The third-order valence-corrected chi connectivity index (χ3v) is 3.49. The first kappa shape index (κ1) is 10.3. The van der Waals surface area contributed by atoms with E-state index in [4.69, 9.17) is 28.9 Å². The second kappa shape index (κ2) is 4.09. The normalized spacial score (nSPS) is 21.5. The van der Waals surface area contributed by atoms with Gasteiger partial charge in [0, 0.05) is 16.1 Å². The van der Waals surface area contributed by atoms with Crippen molar-refractivity contribution >= 4 is 23.2 Å². The molecule has 0 heterocycles. The minimum atomic E-state index is 0.0544. The molecule has 0 radical (unpaired) electrons. The Hall–Kier alpha value is -0.240. The van der Waals surface area contributed by atoms with Crippen molar-refractivity contribution in [3.05, 3.63) is 33.3 Å². The number of halogens is 2. The van der Waals surface area contributed by atoms with Crippen molar-refractivity contribution in [1.29, 1.82) is 0 Å². The summed E-state index contributed by atoms with van der Waals surface area (Å²) in [4.78, 5) is 0. The fourth-order valence-electron chi connectivity index (χ4n) is 2.07. The fraction of sp³-hybridized carbons (Fsp3) is 0.455. The van der Waals surface area contributed by atoms with Gasteiger partial charge in [0.05, 0.1) is 0 Å². The molecule has 0 spiro atoms. The van der Waals surface area contributed by atoms with Gasteiger partial charge in [-0.2, -0.15) is 0 Å². The average molecular weight is 230 g/mol. The lowest BCUT2D eigenvalue weighted by Crippen LogP contribution is -2.11. The van der Waals surface area contributed by atoms with E-state index in [1.807, 2.05) is 12.1 Å². The van der Waals surface area contributed by atoms with Gasteiger partial charge in [0.2, 0.25) is 0 Å². The van der Waals surface area contributed by atoms with Gasteiger partial charge in [0.1, 0.15) is 0 Å². The van der Waals surface area contributed by atoms with Gasteiger partial charge in [0.15, 0.2) is 0 Å². The van der Waals surface area contributed by atoms with E-state index >= 15 is 0 Å². The Kier molecular flexibility index (Phi) is 3.01. The quantitative estimate of drug-likeness (QED) is 0.675. The number of fused-ring (bicyclic) bond motifs is 1. The molecule has 1 aromatic carbocycles. The van der Waals surface area contributed by atoms with Crippen LogP contribution in [0.5, 0.6) is 0 Å². The molecule has 1 aromatic rings. The first-order valence-corrected chi connectivity index (χ1v) is 5.68. The molecular formula is C11H13Cl2N. The molecule has 3 heteroatoms. The van der Waals surface area contributed by atoms with Crippen LogP contribution in [-0.4, -0.2) is 0 Å². The predicted molar refractivity (Wildman–Crippen MR) is 60.9 cm³/mol. The molecule has 0 bridgehead atoms. The second-order valence-corrected chi connectivity index (χ2v) is 4.59. The zero-order valence-electron chi connectivity index (χ0n) is 7.89. The van der Waals surface area contributed by atoms with Crippen LogP contribution >= 0.6 is 23.2 Å². The smallest absolute Gasteiger partial charge is 0.0457 e. The summed E-state index contributed by atoms with van der Waals surface area (Å²) in [7, 11) is 0. The highest BCUT2D eigenvalue weighted by atomic mass is 35.5. The number of hydrogen-bond donors (Lipinski definition) is 1. The van der Waals surface area contributed by atoms with E-state index in [9.17, 15) is 0 Å². The highest BCUT2D eigenvalue weighted by molar-refractivity contribution is 6.34. The Morgan fingerprint density at radius 2 is 1.86 bits per heavy atom. The summed E-state index contributed by atoms with van der Waals surface area (Å²) < 4.78 is 0. The average Bonchev–Trinajstić information content (AvgIpc) is 2.35. The summed E-state index contributed by atoms with van der Waals surface area (Å²) in [6.45, 7) is 0. The van der Waals surface area contributed by atoms with Gasteiger partial charge in [-0.05, 0) is 42.5 Å². The molecule has 2 rings (SSSR count). The zero-order chi connectivity index (χ0) is 10.1. The highest BCUT2D eigenvalue weighted by Crippen LogP contribution is 2.36. The number of hydrogen-bond acceptors (Lipinski definition) is 1. The van der Waals surface area contributed by atoms with Crippen LogP contribution in [0.2, 0.25) is 10.0 Å². The molecule has 2 N–H and O–H groups in total. The summed E-state index contributed by atoms with van der Waals surface area (Å²) in [6.07, 6.45) is 4.32. The maximum atomic E-state index is 6.14. The van der Waals surface area contributed by atoms with Crippen molar-refractivity contribution in [2.45, 2.75) is 31.7 Å². The van der Waals surface area contributed by atoms with E-state index < -0.39 is 0 Å². The summed E-state index contributed by atoms with van der Waals surface area (Å²) >= 11 is 12.3. The van der Waals surface area contributed by atoms with Crippen LogP contribution in [0.3, 0.4) is 0 Å². The van der Waals surface area contributed by atoms with Crippen LogP contribution in [0, 0.1) is 0 Å². The molecule has 0 saturated heterocycles. The minimum absolute atomic E-state index is 0.0544. The molecule has 76 valence electrons. The summed E-state index contributed by atoms with van der Waals surface area (Å²) in [5, 5.41) is 1.57. The summed E-state index contributed by atoms with van der Waals surface area (Å²) in [5.41, 5.74) is 8.30. The first-order chi connectivity index (χ1) is 6.70. The Labute approximate surface area is 94.2 Å². The number of nitrogens with two attached hydrogens (primary N) is 1. The van der Waals surface area contributed by atoms with E-state index in [1.165, 1.54) is 0 Å². The maximum absolute atomic E-state index is 6.14. The standard InChI is InChI=1S/C11H13Cl2N/c12-8-5-6-9(13)11-7(8)3-1-2-4-10(11)14/h5-6,10H,1-4,14H2/t10-/m1/s1. The van der Waals surface area contributed by atoms with Crippen molar-refractivity contribution < 1.29 is 0 Å². The molecule has 1 aliphatic carbocycles. The van der Waals surface area contributed by atoms with Crippen molar-refractivity contribution in [3.63, 3.8) is 0 Å². The molecule has 0 aliphatic heterocycles. The van der Waals surface area contributed by atoms with E-state index in [0.717, 1.165) is 46.9 Å². The Bertz CT molecular complexity index is 349. The monoisotopic (exact) mass is 229 g/mol. The number of rotatable bonds is 0. The minimum Gasteiger partial charge on any atom is -0.324 e.